The van der Waals surface area contributed by atoms with Crippen molar-refractivity contribution in [1.29, 1.82) is 0 Å². The molecular weight excluding hydrogens is 390 g/mol. The third-order valence-electron chi connectivity index (χ3n) is 4.60. The molecule has 3 N–H and O–H groups in total. The number of benzene rings is 2. The number of carbonyl (C=O) groups is 1. The van der Waals surface area contributed by atoms with E-state index in [4.69, 9.17) is 5.73 Å². The van der Waals surface area contributed by atoms with Gasteiger partial charge in [-0.3, -0.25) is 4.79 Å². The largest absolute Gasteiger partial charge is 0.352 e. The molecule has 1 atom stereocenters. The van der Waals surface area contributed by atoms with Crippen molar-refractivity contribution in [1.82, 2.24) is 5.32 Å². The Hall–Kier alpha value is -1.63. The van der Waals surface area contributed by atoms with Gasteiger partial charge in [0.15, 0.2) is 0 Å². The number of carbonyl (C=O) groups excluding carboxylic acids is 1. The molecule has 1 unspecified atom stereocenters. The fraction of sp³-hybridized carbons (Fsp3) is 0.350. The lowest BCUT2D eigenvalue weighted by atomic mass is 9.91. The Morgan fingerprint density at radius 2 is 1.74 bits per heavy atom. The molecule has 0 aromatic heterocycles. The van der Waals surface area contributed by atoms with Gasteiger partial charge >= 0.3 is 0 Å². The highest BCUT2D eigenvalue weighted by atomic mass is 35.5. The van der Waals surface area contributed by atoms with Crippen LogP contribution < -0.4 is 11.1 Å². The summed E-state index contributed by atoms with van der Waals surface area (Å²) in [7, 11) is 0. The number of amides is 1. The number of hydrogen-bond acceptors (Lipinski definition) is 3. The summed E-state index contributed by atoms with van der Waals surface area (Å²) in [4.78, 5) is 13.0. The van der Waals surface area contributed by atoms with E-state index in [-0.39, 0.29) is 35.3 Å². The van der Waals surface area contributed by atoms with Gasteiger partial charge in [-0.2, -0.15) is 0 Å². The molecule has 0 saturated heterocycles. The molecule has 2 aromatic rings. The smallest absolute Gasteiger partial charge is 0.238 e. The molecule has 3 rings (SSSR count). The second kappa shape index (κ2) is 10.1. The van der Waals surface area contributed by atoms with Crippen molar-refractivity contribution in [3.05, 3.63) is 65.7 Å². The first kappa shape index (κ1) is 21.7. The van der Waals surface area contributed by atoms with E-state index in [2.05, 4.69) is 5.32 Å². The first-order valence-electron chi connectivity index (χ1n) is 8.75. The van der Waals surface area contributed by atoms with Crippen molar-refractivity contribution in [3.8, 4) is 0 Å². The van der Waals surface area contributed by atoms with Crippen molar-refractivity contribution in [2.45, 2.75) is 47.9 Å². The summed E-state index contributed by atoms with van der Waals surface area (Å²) in [5.74, 6) is -1.25. The first-order chi connectivity index (χ1) is 12.5. The van der Waals surface area contributed by atoms with Crippen LogP contribution in [0.15, 0.2) is 53.4 Å². The number of thioether (sulfide) groups is 1. The van der Waals surface area contributed by atoms with Gasteiger partial charge in [-0.15, -0.1) is 24.2 Å². The van der Waals surface area contributed by atoms with Gasteiger partial charge in [-0.05, 0) is 49.4 Å². The summed E-state index contributed by atoms with van der Waals surface area (Å²) < 4.78 is 27.6. The van der Waals surface area contributed by atoms with E-state index in [0.29, 0.717) is 0 Å². The van der Waals surface area contributed by atoms with Gasteiger partial charge in [0.05, 0.1) is 0 Å². The topological polar surface area (TPSA) is 55.1 Å². The van der Waals surface area contributed by atoms with Crippen LogP contribution in [0.25, 0.3) is 0 Å². The molecule has 0 spiro atoms. The standard InChI is InChI=1S/C20H22F2N2OS.ClH/c21-14-6-11-17(22)18(12-14)26-19(13-4-2-1-3-5-13)20(25)24-16-9-7-15(23)8-10-16;/h1-6,11-12,15-16,19H,7-10,23H2,(H,24,25);1H. The van der Waals surface area contributed by atoms with Crippen molar-refractivity contribution < 1.29 is 13.6 Å². The molecule has 0 radical (unpaired) electrons. The van der Waals surface area contributed by atoms with Crippen molar-refractivity contribution in [2.75, 3.05) is 0 Å². The zero-order chi connectivity index (χ0) is 18.5. The van der Waals surface area contributed by atoms with E-state index in [1.54, 1.807) is 0 Å². The van der Waals surface area contributed by atoms with Crippen LogP contribution in [-0.2, 0) is 4.79 Å². The molecule has 27 heavy (non-hydrogen) atoms. The van der Waals surface area contributed by atoms with Crippen molar-refractivity contribution >= 4 is 30.1 Å². The molecule has 1 aliphatic rings. The third-order valence-corrected chi connectivity index (χ3v) is 5.89. The fourth-order valence-corrected chi connectivity index (χ4v) is 4.22. The van der Waals surface area contributed by atoms with E-state index in [1.165, 1.54) is 0 Å². The summed E-state index contributed by atoms with van der Waals surface area (Å²) in [5, 5.41) is 2.41. The molecule has 1 aliphatic carbocycles. The minimum atomic E-state index is -0.650. The maximum Gasteiger partial charge on any atom is 0.238 e. The van der Waals surface area contributed by atoms with Gasteiger partial charge in [0, 0.05) is 17.0 Å². The predicted octanol–water partition coefficient (Wildman–Crippen LogP) is 4.61. The number of halogens is 3. The highest BCUT2D eigenvalue weighted by Gasteiger charge is 2.27. The fourth-order valence-electron chi connectivity index (χ4n) is 3.14. The van der Waals surface area contributed by atoms with Crippen LogP contribution in [0, 0.1) is 11.6 Å². The summed E-state index contributed by atoms with van der Waals surface area (Å²) in [6.07, 6.45) is 3.44. The van der Waals surface area contributed by atoms with Gasteiger partial charge in [0.1, 0.15) is 16.9 Å². The molecule has 3 nitrogen and oxygen atoms in total. The normalized spacial score (nSPS) is 20.4. The predicted molar refractivity (Wildman–Crippen MR) is 107 cm³/mol. The molecule has 7 heteroatoms. The zero-order valence-electron chi connectivity index (χ0n) is 14.7. The maximum atomic E-state index is 14.1. The SMILES string of the molecule is Cl.NC1CCC(NC(=O)C(Sc2cc(F)ccc2F)c2ccccc2)CC1. The highest BCUT2D eigenvalue weighted by molar-refractivity contribution is 8.00. The van der Waals surface area contributed by atoms with Crippen LogP contribution in [0.2, 0.25) is 0 Å². The Morgan fingerprint density at radius 3 is 2.41 bits per heavy atom. The van der Waals surface area contributed by atoms with E-state index in [0.717, 1.165) is 61.2 Å². The van der Waals surface area contributed by atoms with Gasteiger partial charge in [-0.25, -0.2) is 8.78 Å². The van der Waals surface area contributed by atoms with Crippen molar-refractivity contribution in [3.63, 3.8) is 0 Å². The number of nitrogens with two attached hydrogens (primary N) is 1. The molecule has 1 saturated carbocycles. The van der Waals surface area contributed by atoms with E-state index >= 15 is 0 Å². The Morgan fingerprint density at radius 1 is 1.07 bits per heavy atom. The number of hydrogen-bond donors (Lipinski definition) is 2. The molecule has 1 amide bonds. The average molecular weight is 413 g/mol. The second-order valence-electron chi connectivity index (χ2n) is 6.60. The number of nitrogens with one attached hydrogen (secondary N) is 1. The molecule has 1 fully saturated rings. The molecule has 146 valence electrons. The zero-order valence-corrected chi connectivity index (χ0v) is 16.4. The van der Waals surface area contributed by atoms with Gasteiger partial charge in [-0.1, -0.05) is 30.3 Å². The lowest BCUT2D eigenvalue weighted by Crippen LogP contribution is -2.42. The van der Waals surface area contributed by atoms with E-state index < -0.39 is 16.9 Å². The molecular formula is C20H23ClF2N2OS. The van der Waals surface area contributed by atoms with Crippen LogP contribution in [0.3, 0.4) is 0 Å². The minimum Gasteiger partial charge on any atom is -0.352 e. The Kier molecular flexibility index (Phi) is 8.07. The van der Waals surface area contributed by atoms with Crippen LogP contribution in [0.5, 0.6) is 0 Å². The van der Waals surface area contributed by atoms with Gasteiger partial charge in [0.25, 0.3) is 0 Å². The molecule has 0 aliphatic heterocycles. The summed E-state index contributed by atoms with van der Waals surface area (Å²) in [6.45, 7) is 0. The summed E-state index contributed by atoms with van der Waals surface area (Å²) in [5.41, 5.74) is 6.67. The first-order valence-corrected chi connectivity index (χ1v) is 9.63. The second-order valence-corrected chi connectivity index (χ2v) is 7.75. The lowest BCUT2D eigenvalue weighted by Gasteiger charge is -2.28. The van der Waals surface area contributed by atoms with Gasteiger partial charge in [0.2, 0.25) is 5.91 Å². The van der Waals surface area contributed by atoms with Crippen LogP contribution in [-0.4, -0.2) is 18.0 Å². The van der Waals surface area contributed by atoms with Crippen LogP contribution in [0.4, 0.5) is 8.78 Å². The quantitative estimate of drug-likeness (QED) is 0.705. The summed E-state index contributed by atoms with van der Waals surface area (Å²) >= 11 is 1.03. The highest BCUT2D eigenvalue weighted by Crippen LogP contribution is 2.37. The number of rotatable bonds is 5. The van der Waals surface area contributed by atoms with Crippen molar-refractivity contribution in [2.24, 2.45) is 5.73 Å². The van der Waals surface area contributed by atoms with E-state index in [9.17, 15) is 13.6 Å². The average Bonchev–Trinajstić information content (AvgIpc) is 2.65. The van der Waals surface area contributed by atoms with E-state index in [1.807, 2.05) is 30.3 Å². The Bertz CT molecular complexity index is 755. The minimum absolute atomic E-state index is 0. The summed E-state index contributed by atoms with van der Waals surface area (Å²) in [6, 6.07) is 12.7. The van der Waals surface area contributed by atoms with Crippen LogP contribution in [0.1, 0.15) is 36.5 Å². The Balaban J connectivity index is 0.00000261. The Labute approximate surface area is 168 Å². The molecule has 2 aromatic carbocycles. The molecule has 0 bridgehead atoms. The maximum absolute atomic E-state index is 14.1. The van der Waals surface area contributed by atoms with Gasteiger partial charge < -0.3 is 11.1 Å². The van der Waals surface area contributed by atoms with Crippen LogP contribution >= 0.6 is 24.2 Å². The lowest BCUT2D eigenvalue weighted by molar-refractivity contribution is -0.121. The third kappa shape index (κ3) is 5.92. The monoisotopic (exact) mass is 412 g/mol. The molecule has 0 heterocycles.